The molecular weight excluding hydrogens is 252 g/mol. The van der Waals surface area contributed by atoms with Gasteiger partial charge in [-0.05, 0) is 18.9 Å². The highest BCUT2D eigenvalue weighted by molar-refractivity contribution is 7.18. The van der Waals surface area contributed by atoms with Crippen molar-refractivity contribution in [3.8, 4) is 0 Å². The summed E-state index contributed by atoms with van der Waals surface area (Å²) in [4.78, 5) is 31.3. The average molecular weight is 266 g/mol. The standard InChI is InChI=1S/C12H14N2O3S/c1-3-7-6(2)18-12-10(7)11(17)13-8(14-12)4-5-9(15)16/h3-5H2,1-2H3,(H,15,16)(H,13,14,17). The van der Waals surface area contributed by atoms with Crippen molar-refractivity contribution in [2.75, 3.05) is 0 Å². The number of carboxylic acid groups (broad SMARTS) is 1. The summed E-state index contributed by atoms with van der Waals surface area (Å²) in [7, 11) is 0. The Morgan fingerprint density at radius 2 is 2.22 bits per heavy atom. The van der Waals surface area contributed by atoms with Crippen LogP contribution in [0, 0.1) is 6.92 Å². The Morgan fingerprint density at radius 1 is 1.50 bits per heavy atom. The minimum absolute atomic E-state index is 0.0283. The molecule has 96 valence electrons. The second kappa shape index (κ2) is 4.89. The third-order valence-corrected chi connectivity index (χ3v) is 3.88. The number of carboxylic acids is 1. The molecule has 5 nitrogen and oxygen atoms in total. The molecule has 2 aromatic heterocycles. The van der Waals surface area contributed by atoms with Crippen molar-refractivity contribution in [3.05, 3.63) is 26.6 Å². The van der Waals surface area contributed by atoms with Crippen LogP contribution in [0.4, 0.5) is 0 Å². The first-order valence-electron chi connectivity index (χ1n) is 5.76. The summed E-state index contributed by atoms with van der Waals surface area (Å²) in [6.45, 7) is 3.98. The Balaban J connectivity index is 2.50. The maximum Gasteiger partial charge on any atom is 0.303 e. The van der Waals surface area contributed by atoms with Crippen LogP contribution in [0.25, 0.3) is 10.2 Å². The number of aromatic nitrogens is 2. The van der Waals surface area contributed by atoms with Crippen LogP contribution in [0.1, 0.15) is 29.6 Å². The van der Waals surface area contributed by atoms with Crippen LogP contribution in [0.5, 0.6) is 0 Å². The lowest BCUT2D eigenvalue weighted by atomic mass is 10.1. The number of fused-ring (bicyclic) bond motifs is 1. The molecule has 0 spiro atoms. The van der Waals surface area contributed by atoms with E-state index >= 15 is 0 Å². The predicted molar refractivity (Wildman–Crippen MR) is 70.3 cm³/mol. The quantitative estimate of drug-likeness (QED) is 0.885. The van der Waals surface area contributed by atoms with Gasteiger partial charge in [-0.1, -0.05) is 6.92 Å². The van der Waals surface area contributed by atoms with Gasteiger partial charge in [0.1, 0.15) is 10.7 Å². The van der Waals surface area contributed by atoms with Gasteiger partial charge in [0, 0.05) is 11.3 Å². The zero-order chi connectivity index (χ0) is 13.3. The van der Waals surface area contributed by atoms with Gasteiger partial charge in [0.15, 0.2) is 0 Å². The minimum atomic E-state index is -0.894. The summed E-state index contributed by atoms with van der Waals surface area (Å²) in [5, 5.41) is 9.28. The highest BCUT2D eigenvalue weighted by atomic mass is 32.1. The molecule has 0 saturated heterocycles. The third-order valence-electron chi connectivity index (χ3n) is 2.84. The van der Waals surface area contributed by atoms with Crippen molar-refractivity contribution >= 4 is 27.5 Å². The fourth-order valence-electron chi connectivity index (χ4n) is 1.99. The van der Waals surface area contributed by atoms with Crippen molar-refractivity contribution < 1.29 is 9.90 Å². The predicted octanol–water partition coefficient (Wildman–Crippen LogP) is 1.87. The second-order valence-electron chi connectivity index (χ2n) is 4.08. The van der Waals surface area contributed by atoms with Crippen LogP contribution in [0.2, 0.25) is 0 Å². The van der Waals surface area contributed by atoms with E-state index in [1.54, 1.807) is 0 Å². The highest BCUT2D eigenvalue weighted by Crippen LogP contribution is 2.27. The zero-order valence-corrected chi connectivity index (χ0v) is 11.1. The molecule has 2 aromatic rings. The molecular formula is C12H14N2O3S. The number of aliphatic carboxylic acids is 1. The van der Waals surface area contributed by atoms with Gasteiger partial charge in [-0.25, -0.2) is 4.98 Å². The molecule has 0 radical (unpaired) electrons. The van der Waals surface area contributed by atoms with Crippen molar-refractivity contribution in [1.29, 1.82) is 0 Å². The van der Waals surface area contributed by atoms with Gasteiger partial charge in [0.25, 0.3) is 5.56 Å². The smallest absolute Gasteiger partial charge is 0.303 e. The topological polar surface area (TPSA) is 83.0 Å². The summed E-state index contributed by atoms with van der Waals surface area (Å²) < 4.78 is 0. The summed E-state index contributed by atoms with van der Waals surface area (Å²) in [6.07, 6.45) is 1.02. The third kappa shape index (κ3) is 2.28. The van der Waals surface area contributed by atoms with E-state index < -0.39 is 5.97 Å². The first kappa shape index (κ1) is 12.8. The van der Waals surface area contributed by atoms with E-state index in [4.69, 9.17) is 5.11 Å². The molecule has 0 bridgehead atoms. The van der Waals surface area contributed by atoms with Gasteiger partial charge in [-0.2, -0.15) is 0 Å². The van der Waals surface area contributed by atoms with Gasteiger partial charge in [0.2, 0.25) is 0 Å². The van der Waals surface area contributed by atoms with Gasteiger partial charge in [-0.15, -0.1) is 11.3 Å². The van der Waals surface area contributed by atoms with E-state index in [9.17, 15) is 9.59 Å². The molecule has 6 heteroatoms. The molecule has 0 amide bonds. The second-order valence-corrected chi connectivity index (χ2v) is 5.28. The molecule has 0 fully saturated rings. The first-order chi connectivity index (χ1) is 8.52. The molecule has 0 aliphatic rings. The Morgan fingerprint density at radius 3 is 2.83 bits per heavy atom. The van der Waals surface area contributed by atoms with Gasteiger partial charge < -0.3 is 10.1 Å². The van der Waals surface area contributed by atoms with Gasteiger partial charge in [0.05, 0.1) is 11.8 Å². The first-order valence-corrected chi connectivity index (χ1v) is 6.57. The highest BCUT2D eigenvalue weighted by Gasteiger charge is 2.13. The molecule has 0 atom stereocenters. The van der Waals surface area contributed by atoms with E-state index in [1.165, 1.54) is 11.3 Å². The molecule has 18 heavy (non-hydrogen) atoms. The van der Waals surface area contributed by atoms with Crippen LogP contribution in [0.3, 0.4) is 0 Å². The van der Waals surface area contributed by atoms with Crippen LogP contribution in [0.15, 0.2) is 4.79 Å². The number of aromatic amines is 1. The van der Waals surface area contributed by atoms with E-state index in [0.717, 1.165) is 16.9 Å². The molecule has 2 heterocycles. The fraction of sp³-hybridized carbons (Fsp3) is 0.417. The van der Waals surface area contributed by atoms with E-state index in [0.29, 0.717) is 16.0 Å². The molecule has 0 saturated carbocycles. The number of carbonyl (C=O) groups is 1. The summed E-state index contributed by atoms with van der Waals surface area (Å²) in [5.41, 5.74) is 0.870. The number of rotatable bonds is 4. The van der Waals surface area contributed by atoms with Crippen LogP contribution >= 0.6 is 11.3 Å². The summed E-state index contributed by atoms with van der Waals surface area (Å²) in [5.74, 6) is -0.451. The number of nitrogens with zero attached hydrogens (tertiary/aromatic N) is 1. The molecule has 0 unspecified atom stereocenters. The van der Waals surface area contributed by atoms with Crippen molar-refractivity contribution in [3.63, 3.8) is 0 Å². The monoisotopic (exact) mass is 266 g/mol. The Kier molecular flexibility index (Phi) is 3.47. The molecule has 2 rings (SSSR count). The SMILES string of the molecule is CCc1c(C)sc2nc(CCC(=O)O)[nH]c(=O)c12. The lowest BCUT2D eigenvalue weighted by Crippen LogP contribution is -2.13. The Hall–Kier alpha value is -1.69. The van der Waals surface area contributed by atoms with Crippen molar-refractivity contribution in [2.45, 2.75) is 33.1 Å². The van der Waals surface area contributed by atoms with Crippen molar-refractivity contribution in [2.24, 2.45) is 0 Å². The van der Waals surface area contributed by atoms with E-state index in [2.05, 4.69) is 9.97 Å². The van der Waals surface area contributed by atoms with Crippen LogP contribution < -0.4 is 5.56 Å². The van der Waals surface area contributed by atoms with Crippen LogP contribution in [-0.2, 0) is 17.6 Å². The molecule has 0 aliphatic carbocycles. The Bertz CT molecular complexity index is 657. The number of thiophene rings is 1. The number of H-pyrrole nitrogens is 1. The lowest BCUT2D eigenvalue weighted by molar-refractivity contribution is -0.137. The van der Waals surface area contributed by atoms with E-state index in [1.807, 2.05) is 13.8 Å². The van der Waals surface area contributed by atoms with Crippen LogP contribution in [-0.4, -0.2) is 21.0 Å². The zero-order valence-electron chi connectivity index (χ0n) is 10.2. The molecule has 0 aliphatic heterocycles. The average Bonchev–Trinajstić information content (AvgIpc) is 2.62. The number of hydrogen-bond donors (Lipinski definition) is 2. The number of hydrogen-bond acceptors (Lipinski definition) is 4. The van der Waals surface area contributed by atoms with Crippen molar-refractivity contribution in [1.82, 2.24) is 9.97 Å². The largest absolute Gasteiger partial charge is 0.481 e. The number of aryl methyl sites for hydroxylation is 3. The van der Waals surface area contributed by atoms with Gasteiger partial charge in [-0.3, -0.25) is 9.59 Å². The minimum Gasteiger partial charge on any atom is -0.481 e. The Labute approximate surface area is 107 Å². The maximum absolute atomic E-state index is 12.0. The lowest BCUT2D eigenvalue weighted by Gasteiger charge is -1.99. The van der Waals surface area contributed by atoms with Gasteiger partial charge >= 0.3 is 5.97 Å². The summed E-state index contributed by atoms with van der Waals surface area (Å²) in [6, 6.07) is 0. The molecule has 2 N–H and O–H groups in total. The normalized spacial score (nSPS) is 11.0. The number of nitrogens with one attached hydrogen (secondary N) is 1. The maximum atomic E-state index is 12.0. The molecule has 0 aromatic carbocycles. The summed E-state index contributed by atoms with van der Waals surface area (Å²) >= 11 is 1.49. The fourth-order valence-corrected chi connectivity index (χ4v) is 3.12. The van der Waals surface area contributed by atoms with E-state index in [-0.39, 0.29) is 18.4 Å².